The van der Waals surface area contributed by atoms with E-state index < -0.39 is 5.97 Å². The number of methoxy groups -OCH3 is 1. The van der Waals surface area contributed by atoms with E-state index in [0.717, 1.165) is 51.9 Å². The van der Waals surface area contributed by atoms with Crippen molar-refractivity contribution in [1.29, 1.82) is 0 Å². The molecule has 0 spiro atoms. The Hall–Kier alpha value is -2.74. The molecule has 0 aliphatic carbocycles. The summed E-state index contributed by atoms with van der Waals surface area (Å²) in [5.74, 6) is -0.256. The topological polar surface area (TPSA) is 80.6 Å². The number of esters is 1. The van der Waals surface area contributed by atoms with Crippen molar-refractivity contribution in [2.45, 2.75) is 57.0 Å². The number of hydrogen-bond donors (Lipinski definition) is 0. The molecule has 8 heteroatoms. The van der Waals surface area contributed by atoms with Gasteiger partial charge in [-0.2, -0.15) is 0 Å². The zero-order chi connectivity index (χ0) is 22.3. The number of likely N-dealkylation sites (tertiary alicyclic amines) is 2. The Morgan fingerprint density at radius 2 is 1.84 bits per heavy atom. The van der Waals surface area contributed by atoms with Crippen LogP contribution in [0.1, 0.15) is 60.6 Å². The number of aromatic nitrogens is 3. The molecular formula is C24H33N5O3. The highest BCUT2D eigenvalue weighted by atomic mass is 16.5. The van der Waals surface area contributed by atoms with Gasteiger partial charge in [0.15, 0.2) is 5.69 Å². The van der Waals surface area contributed by atoms with Gasteiger partial charge in [-0.25, -0.2) is 9.48 Å². The number of hydrogen-bond acceptors (Lipinski definition) is 6. The summed E-state index contributed by atoms with van der Waals surface area (Å²) in [6, 6.07) is 10.3. The lowest BCUT2D eigenvalue weighted by molar-refractivity contribution is -0.136. The average Bonchev–Trinajstić information content (AvgIpc) is 3.39. The first-order chi connectivity index (χ1) is 15.7. The Balaban J connectivity index is 1.45. The Bertz CT molecular complexity index is 892. The summed E-state index contributed by atoms with van der Waals surface area (Å²) in [6.45, 7) is 3.29. The molecule has 2 aromatic rings. The van der Waals surface area contributed by atoms with E-state index in [9.17, 15) is 9.59 Å². The van der Waals surface area contributed by atoms with E-state index >= 15 is 0 Å². The lowest BCUT2D eigenvalue weighted by Crippen LogP contribution is -2.46. The number of ether oxygens (including phenoxy) is 1. The predicted octanol–water partition coefficient (Wildman–Crippen LogP) is 2.72. The van der Waals surface area contributed by atoms with Gasteiger partial charge in [-0.05, 0) is 44.2 Å². The molecular weight excluding hydrogens is 406 g/mol. The Morgan fingerprint density at radius 3 is 2.56 bits per heavy atom. The molecule has 1 aromatic heterocycles. The van der Waals surface area contributed by atoms with Crippen LogP contribution in [0.2, 0.25) is 0 Å². The van der Waals surface area contributed by atoms with E-state index in [4.69, 9.17) is 4.74 Å². The zero-order valence-electron chi connectivity index (χ0n) is 18.9. The van der Waals surface area contributed by atoms with Crippen LogP contribution in [0.25, 0.3) is 0 Å². The lowest BCUT2D eigenvalue weighted by Gasteiger charge is -2.29. The minimum absolute atomic E-state index is 0.0126. The van der Waals surface area contributed by atoms with Crippen molar-refractivity contribution in [3.05, 3.63) is 47.8 Å². The molecule has 0 unspecified atom stereocenters. The Kier molecular flexibility index (Phi) is 7.52. The number of amides is 1. The third-order valence-corrected chi connectivity index (χ3v) is 6.62. The van der Waals surface area contributed by atoms with Crippen LogP contribution in [-0.2, 0) is 16.0 Å². The van der Waals surface area contributed by atoms with Gasteiger partial charge in [-0.1, -0.05) is 48.4 Å². The highest BCUT2D eigenvalue weighted by Crippen LogP contribution is 2.29. The summed E-state index contributed by atoms with van der Waals surface area (Å²) in [4.78, 5) is 29.6. The second-order valence-electron chi connectivity index (χ2n) is 8.80. The molecule has 0 radical (unpaired) electrons. The molecule has 0 N–H and O–H groups in total. The fourth-order valence-corrected chi connectivity index (χ4v) is 4.86. The van der Waals surface area contributed by atoms with E-state index in [0.29, 0.717) is 6.42 Å². The van der Waals surface area contributed by atoms with Crippen molar-refractivity contribution in [2.24, 2.45) is 0 Å². The quantitative estimate of drug-likeness (QED) is 0.617. The summed E-state index contributed by atoms with van der Waals surface area (Å²) in [6.07, 6.45) is 8.87. The van der Waals surface area contributed by atoms with Gasteiger partial charge >= 0.3 is 5.97 Å². The fraction of sp³-hybridized carbons (Fsp3) is 0.583. The molecule has 2 atom stereocenters. The third-order valence-electron chi connectivity index (χ3n) is 6.62. The summed E-state index contributed by atoms with van der Waals surface area (Å²) in [5.41, 5.74) is 1.52. The minimum atomic E-state index is -0.494. The smallest absolute Gasteiger partial charge is 0.360 e. The van der Waals surface area contributed by atoms with Crippen molar-refractivity contribution in [1.82, 2.24) is 24.8 Å². The Morgan fingerprint density at radius 1 is 1.09 bits per heavy atom. The van der Waals surface area contributed by atoms with E-state index in [1.54, 1.807) is 10.9 Å². The normalized spacial score (nSPS) is 22.0. The molecule has 2 saturated heterocycles. The number of benzene rings is 1. The van der Waals surface area contributed by atoms with Gasteiger partial charge in [-0.15, -0.1) is 5.10 Å². The van der Waals surface area contributed by atoms with Crippen LogP contribution in [0.15, 0.2) is 36.5 Å². The van der Waals surface area contributed by atoms with E-state index in [1.165, 1.54) is 25.5 Å². The van der Waals surface area contributed by atoms with Crippen molar-refractivity contribution < 1.29 is 14.3 Å². The number of rotatable bonds is 7. The van der Waals surface area contributed by atoms with Gasteiger partial charge in [0.1, 0.15) is 0 Å². The molecule has 3 heterocycles. The number of nitrogens with zero attached hydrogens (tertiary/aromatic N) is 5. The van der Waals surface area contributed by atoms with Gasteiger partial charge in [0.25, 0.3) is 0 Å². The molecule has 2 aliphatic heterocycles. The molecule has 4 rings (SSSR count). The lowest BCUT2D eigenvalue weighted by atomic mass is 10.1. The van der Waals surface area contributed by atoms with E-state index in [1.807, 2.05) is 6.07 Å². The standard InChI is InChI=1S/C24H33N5O3/c1-32-24(31)21-18-29(26-25-21)20-16-22(23(30)27-13-7-2-3-8-14-27)28(17-20)15-9-12-19-10-5-4-6-11-19/h4-6,10-11,18,20,22H,2-3,7-9,12-17H2,1H3/t20-,22+/m1/s1. The molecule has 2 fully saturated rings. The molecule has 0 bridgehead atoms. The van der Waals surface area contributed by atoms with Crippen LogP contribution >= 0.6 is 0 Å². The summed E-state index contributed by atoms with van der Waals surface area (Å²) >= 11 is 0. The molecule has 1 amide bonds. The highest BCUT2D eigenvalue weighted by molar-refractivity contribution is 5.86. The Labute approximate surface area is 189 Å². The first-order valence-electron chi connectivity index (χ1n) is 11.7. The van der Waals surface area contributed by atoms with E-state index in [-0.39, 0.29) is 23.7 Å². The number of carbonyl (C=O) groups excluding carboxylic acids is 2. The summed E-state index contributed by atoms with van der Waals surface area (Å²) < 4.78 is 6.48. The molecule has 8 nitrogen and oxygen atoms in total. The maximum Gasteiger partial charge on any atom is 0.360 e. The second kappa shape index (κ2) is 10.7. The van der Waals surface area contributed by atoms with Crippen LogP contribution < -0.4 is 0 Å². The van der Waals surface area contributed by atoms with Gasteiger partial charge < -0.3 is 9.64 Å². The molecule has 32 heavy (non-hydrogen) atoms. The second-order valence-corrected chi connectivity index (χ2v) is 8.80. The van der Waals surface area contributed by atoms with Crippen LogP contribution in [0, 0.1) is 0 Å². The van der Waals surface area contributed by atoms with Crippen LogP contribution in [0.4, 0.5) is 0 Å². The van der Waals surface area contributed by atoms with Gasteiger partial charge in [0.05, 0.1) is 25.4 Å². The SMILES string of the molecule is COC(=O)c1cn([C@@H]2C[C@@H](C(=O)N3CCCCCC3)N(CCCc3ccccc3)C2)nn1. The van der Waals surface area contributed by atoms with Crippen LogP contribution in [-0.4, -0.2) is 76.0 Å². The summed E-state index contributed by atoms with van der Waals surface area (Å²) in [7, 11) is 1.33. The van der Waals surface area contributed by atoms with Crippen molar-refractivity contribution in [3.8, 4) is 0 Å². The zero-order valence-corrected chi connectivity index (χ0v) is 18.9. The fourth-order valence-electron chi connectivity index (χ4n) is 4.86. The third kappa shape index (κ3) is 5.35. The first kappa shape index (κ1) is 22.5. The van der Waals surface area contributed by atoms with Gasteiger partial charge in [0, 0.05) is 19.6 Å². The molecule has 172 valence electrons. The van der Waals surface area contributed by atoms with Crippen molar-refractivity contribution in [2.75, 3.05) is 33.3 Å². The number of aryl methyl sites for hydroxylation is 1. The average molecular weight is 440 g/mol. The minimum Gasteiger partial charge on any atom is -0.464 e. The van der Waals surface area contributed by atoms with E-state index in [2.05, 4.69) is 44.4 Å². The molecule has 2 aliphatic rings. The predicted molar refractivity (Wildman–Crippen MR) is 120 cm³/mol. The summed E-state index contributed by atoms with van der Waals surface area (Å²) in [5, 5.41) is 8.12. The number of carbonyl (C=O) groups is 2. The van der Waals surface area contributed by atoms with Crippen LogP contribution in [0.5, 0.6) is 0 Å². The molecule has 0 saturated carbocycles. The maximum atomic E-state index is 13.5. The molecule has 1 aromatic carbocycles. The highest BCUT2D eigenvalue weighted by Gasteiger charge is 2.40. The monoisotopic (exact) mass is 439 g/mol. The first-order valence-corrected chi connectivity index (χ1v) is 11.7. The maximum absolute atomic E-state index is 13.5. The van der Waals surface area contributed by atoms with Crippen LogP contribution in [0.3, 0.4) is 0 Å². The largest absolute Gasteiger partial charge is 0.464 e. The van der Waals surface area contributed by atoms with Crippen molar-refractivity contribution >= 4 is 11.9 Å². The van der Waals surface area contributed by atoms with Crippen molar-refractivity contribution in [3.63, 3.8) is 0 Å². The van der Waals surface area contributed by atoms with Gasteiger partial charge in [-0.3, -0.25) is 9.69 Å². The van der Waals surface area contributed by atoms with Gasteiger partial charge in [0.2, 0.25) is 5.91 Å².